The van der Waals surface area contributed by atoms with E-state index in [1.54, 1.807) is 30.5 Å². The molecule has 3 rings (SSSR count). The quantitative estimate of drug-likeness (QED) is 0.737. The number of sulfonamides is 1. The summed E-state index contributed by atoms with van der Waals surface area (Å²) in [4.78, 5) is 4.53. The zero-order valence-electron chi connectivity index (χ0n) is 14.0. The van der Waals surface area contributed by atoms with Crippen LogP contribution in [0.2, 0.25) is 0 Å². The minimum absolute atomic E-state index is 0.0346. The first-order valence-electron chi connectivity index (χ1n) is 8.03. The molecular formula is C19H20N2O3S. The molecule has 0 aliphatic rings. The fourth-order valence-corrected chi connectivity index (χ4v) is 4.44. The Labute approximate surface area is 147 Å². The molecule has 0 radical (unpaired) electrons. The van der Waals surface area contributed by atoms with Gasteiger partial charge in [-0.25, -0.2) is 8.42 Å². The number of aromatic nitrogens is 1. The third-order valence-corrected chi connectivity index (χ3v) is 6.00. The Morgan fingerprint density at radius 3 is 2.52 bits per heavy atom. The van der Waals surface area contributed by atoms with Crippen molar-refractivity contribution in [2.24, 2.45) is 0 Å². The van der Waals surface area contributed by atoms with Gasteiger partial charge in [0, 0.05) is 24.7 Å². The van der Waals surface area contributed by atoms with Crippen LogP contribution in [-0.2, 0) is 16.6 Å². The molecule has 3 aromatic rings. The number of pyridine rings is 1. The van der Waals surface area contributed by atoms with Crippen molar-refractivity contribution in [3.63, 3.8) is 0 Å². The fourth-order valence-electron chi connectivity index (χ4n) is 2.83. The smallest absolute Gasteiger partial charge is 0.244 e. The van der Waals surface area contributed by atoms with Crippen LogP contribution in [0.15, 0.2) is 65.7 Å². The highest BCUT2D eigenvalue weighted by atomic mass is 32.2. The zero-order chi connectivity index (χ0) is 17.9. The van der Waals surface area contributed by atoms with Crippen molar-refractivity contribution in [1.29, 1.82) is 0 Å². The monoisotopic (exact) mass is 356 g/mol. The topological polar surface area (TPSA) is 70.5 Å². The molecule has 0 fully saturated rings. The number of nitrogens with zero attached hydrogens (tertiary/aromatic N) is 2. The number of rotatable bonds is 6. The molecule has 6 heteroatoms. The van der Waals surface area contributed by atoms with Crippen LogP contribution < -0.4 is 0 Å². The van der Waals surface area contributed by atoms with Gasteiger partial charge >= 0.3 is 0 Å². The largest absolute Gasteiger partial charge is 0.395 e. The lowest BCUT2D eigenvalue weighted by Gasteiger charge is -2.22. The van der Waals surface area contributed by atoms with Crippen LogP contribution in [0, 0.1) is 6.92 Å². The average Bonchev–Trinajstić information content (AvgIpc) is 2.62. The third kappa shape index (κ3) is 3.56. The highest BCUT2D eigenvalue weighted by molar-refractivity contribution is 7.89. The molecule has 0 atom stereocenters. The molecule has 5 nitrogen and oxygen atoms in total. The molecule has 0 saturated heterocycles. The molecule has 0 unspecified atom stereocenters. The molecular weight excluding hydrogens is 336 g/mol. The molecule has 1 heterocycles. The highest BCUT2D eigenvalue weighted by Crippen LogP contribution is 2.27. The van der Waals surface area contributed by atoms with E-state index >= 15 is 0 Å². The summed E-state index contributed by atoms with van der Waals surface area (Å²) in [6.07, 6.45) is 1.65. The van der Waals surface area contributed by atoms with E-state index in [0.717, 1.165) is 11.1 Å². The Bertz CT molecular complexity index is 972. The van der Waals surface area contributed by atoms with E-state index < -0.39 is 10.0 Å². The van der Waals surface area contributed by atoms with Crippen LogP contribution in [0.5, 0.6) is 0 Å². The van der Waals surface area contributed by atoms with Gasteiger partial charge in [-0.2, -0.15) is 4.31 Å². The van der Waals surface area contributed by atoms with Crippen molar-refractivity contribution in [2.45, 2.75) is 18.4 Å². The van der Waals surface area contributed by atoms with E-state index in [1.165, 1.54) is 4.31 Å². The Balaban J connectivity index is 2.08. The van der Waals surface area contributed by atoms with E-state index in [-0.39, 0.29) is 24.6 Å². The van der Waals surface area contributed by atoms with Gasteiger partial charge in [0.1, 0.15) is 0 Å². The Hall–Kier alpha value is -2.28. The van der Waals surface area contributed by atoms with E-state index in [2.05, 4.69) is 4.98 Å². The van der Waals surface area contributed by atoms with E-state index in [4.69, 9.17) is 0 Å². The second-order valence-electron chi connectivity index (χ2n) is 5.83. The maximum Gasteiger partial charge on any atom is 0.244 e. The lowest BCUT2D eigenvalue weighted by atomic mass is 10.1. The van der Waals surface area contributed by atoms with Crippen molar-refractivity contribution in [2.75, 3.05) is 13.2 Å². The second kappa shape index (κ2) is 7.31. The first-order chi connectivity index (χ1) is 12.0. The van der Waals surface area contributed by atoms with Gasteiger partial charge in [0.15, 0.2) is 0 Å². The predicted octanol–water partition coefficient (Wildman–Crippen LogP) is 2.73. The van der Waals surface area contributed by atoms with Crippen molar-refractivity contribution >= 4 is 20.9 Å². The van der Waals surface area contributed by atoms with Gasteiger partial charge < -0.3 is 5.11 Å². The van der Waals surface area contributed by atoms with Gasteiger partial charge in [0.25, 0.3) is 0 Å². The second-order valence-corrected chi connectivity index (χ2v) is 7.73. The molecule has 1 aromatic heterocycles. The van der Waals surface area contributed by atoms with Gasteiger partial charge in [0.2, 0.25) is 10.0 Å². The van der Waals surface area contributed by atoms with E-state index in [1.807, 2.05) is 37.3 Å². The first kappa shape index (κ1) is 17.5. The van der Waals surface area contributed by atoms with Gasteiger partial charge in [-0.15, -0.1) is 0 Å². The van der Waals surface area contributed by atoms with Crippen LogP contribution in [0.4, 0.5) is 0 Å². The maximum atomic E-state index is 13.2. The SMILES string of the molecule is Cc1ccc(S(=O)(=O)N(CCO)Cc2ccccc2)c2cccnc12. The van der Waals surface area contributed by atoms with Gasteiger partial charge in [-0.3, -0.25) is 4.98 Å². The van der Waals surface area contributed by atoms with Crippen molar-refractivity contribution in [1.82, 2.24) is 9.29 Å². The fraction of sp³-hybridized carbons (Fsp3) is 0.211. The summed E-state index contributed by atoms with van der Waals surface area (Å²) in [7, 11) is -3.77. The summed E-state index contributed by atoms with van der Waals surface area (Å²) < 4.78 is 27.8. The summed E-state index contributed by atoms with van der Waals surface area (Å²) in [5, 5.41) is 9.96. The summed E-state index contributed by atoms with van der Waals surface area (Å²) in [5.74, 6) is 0. The number of hydrogen-bond acceptors (Lipinski definition) is 4. The van der Waals surface area contributed by atoms with Crippen LogP contribution in [-0.4, -0.2) is 36.0 Å². The molecule has 2 aromatic carbocycles. The van der Waals surface area contributed by atoms with Crippen molar-refractivity contribution in [3.8, 4) is 0 Å². The minimum Gasteiger partial charge on any atom is -0.395 e. The number of fused-ring (bicyclic) bond motifs is 1. The summed E-state index contributed by atoms with van der Waals surface area (Å²) >= 11 is 0. The normalized spacial score (nSPS) is 12.0. The first-order valence-corrected chi connectivity index (χ1v) is 9.47. The van der Waals surface area contributed by atoms with Crippen LogP contribution >= 0.6 is 0 Å². The minimum atomic E-state index is -3.77. The van der Waals surface area contributed by atoms with E-state index in [0.29, 0.717) is 10.9 Å². The summed E-state index contributed by atoms with van der Waals surface area (Å²) in [6, 6.07) is 16.2. The Kier molecular flexibility index (Phi) is 5.13. The molecule has 0 amide bonds. The van der Waals surface area contributed by atoms with Gasteiger partial charge in [-0.1, -0.05) is 36.4 Å². The Morgan fingerprint density at radius 2 is 1.80 bits per heavy atom. The molecule has 1 N–H and O–H groups in total. The number of aryl methyl sites for hydroxylation is 1. The molecule has 0 aliphatic carbocycles. The van der Waals surface area contributed by atoms with E-state index in [9.17, 15) is 13.5 Å². The molecule has 0 bridgehead atoms. The predicted molar refractivity (Wildman–Crippen MR) is 97.6 cm³/mol. The number of aliphatic hydroxyl groups is 1. The summed E-state index contributed by atoms with van der Waals surface area (Å²) in [5.41, 5.74) is 2.47. The third-order valence-electron chi connectivity index (χ3n) is 4.10. The highest BCUT2D eigenvalue weighted by Gasteiger charge is 2.26. The van der Waals surface area contributed by atoms with Gasteiger partial charge in [0.05, 0.1) is 17.0 Å². The molecule has 0 spiro atoms. The number of benzene rings is 2. The van der Waals surface area contributed by atoms with Crippen LogP contribution in [0.3, 0.4) is 0 Å². The number of hydrogen-bond donors (Lipinski definition) is 1. The number of aliphatic hydroxyl groups excluding tert-OH is 1. The molecule has 25 heavy (non-hydrogen) atoms. The molecule has 0 saturated carbocycles. The average molecular weight is 356 g/mol. The standard InChI is InChI=1S/C19H20N2O3S/c1-15-9-10-18(17-8-5-11-20-19(15)17)25(23,24)21(12-13-22)14-16-6-3-2-4-7-16/h2-11,22H,12-14H2,1H3. The lowest BCUT2D eigenvalue weighted by Crippen LogP contribution is -2.33. The van der Waals surface area contributed by atoms with Gasteiger partial charge in [-0.05, 0) is 36.2 Å². The van der Waals surface area contributed by atoms with Crippen molar-refractivity contribution in [3.05, 3.63) is 71.9 Å². The van der Waals surface area contributed by atoms with Crippen LogP contribution in [0.1, 0.15) is 11.1 Å². The lowest BCUT2D eigenvalue weighted by molar-refractivity contribution is 0.251. The van der Waals surface area contributed by atoms with Crippen molar-refractivity contribution < 1.29 is 13.5 Å². The van der Waals surface area contributed by atoms with Crippen LogP contribution in [0.25, 0.3) is 10.9 Å². The Morgan fingerprint density at radius 1 is 1.04 bits per heavy atom. The summed E-state index contributed by atoms with van der Waals surface area (Å²) in [6.45, 7) is 1.90. The maximum absolute atomic E-state index is 13.2. The zero-order valence-corrected chi connectivity index (χ0v) is 14.8. The molecule has 130 valence electrons. The molecule has 0 aliphatic heterocycles.